The second kappa shape index (κ2) is 7.19. The van der Waals surface area contributed by atoms with E-state index in [0.717, 1.165) is 35.0 Å². The topological polar surface area (TPSA) is 82.6 Å². The molecule has 0 aliphatic carbocycles. The molecule has 1 aromatic heterocycles. The maximum absolute atomic E-state index is 11.9. The number of hydrogen-bond acceptors (Lipinski definition) is 5. The lowest BCUT2D eigenvalue weighted by molar-refractivity contribution is -0.143. The van der Waals surface area contributed by atoms with Gasteiger partial charge in [0.2, 0.25) is 0 Å². The fraction of sp³-hybridized carbons (Fsp3) is 0.412. The lowest BCUT2D eigenvalue weighted by Gasteiger charge is -2.29. The molecule has 3 rings (SSSR count). The van der Waals surface area contributed by atoms with E-state index in [-0.39, 0.29) is 10.8 Å². The quantitative estimate of drug-likeness (QED) is 0.867. The Morgan fingerprint density at radius 2 is 2.08 bits per heavy atom. The Morgan fingerprint density at radius 1 is 1.38 bits per heavy atom. The molecule has 1 aliphatic heterocycles. The number of benzene rings is 1. The molecule has 1 aromatic carbocycles. The Balaban J connectivity index is 1.81. The first-order valence-electron chi connectivity index (χ1n) is 7.89. The summed E-state index contributed by atoms with van der Waals surface area (Å²) in [6, 6.07) is 7.60. The smallest absolute Gasteiger partial charge is 0.306 e. The summed E-state index contributed by atoms with van der Waals surface area (Å²) < 4.78 is 5.40. The number of aliphatic carboxylic acids is 1. The lowest BCUT2D eigenvalue weighted by Crippen LogP contribution is -2.35. The third-order valence-electron chi connectivity index (χ3n) is 4.40. The van der Waals surface area contributed by atoms with Crippen molar-refractivity contribution in [1.29, 1.82) is 0 Å². The van der Waals surface area contributed by atoms with E-state index in [1.54, 1.807) is 7.11 Å². The average Bonchev–Trinajstić information content (AvgIpc) is 2.95. The van der Waals surface area contributed by atoms with Crippen LogP contribution in [-0.4, -0.2) is 41.2 Å². The summed E-state index contributed by atoms with van der Waals surface area (Å²) in [5.74, 6) is -0.243. The van der Waals surface area contributed by atoms with Crippen LogP contribution in [0.3, 0.4) is 0 Å². The predicted molar refractivity (Wildman–Crippen MR) is 92.6 cm³/mol. The van der Waals surface area contributed by atoms with Gasteiger partial charge in [0.15, 0.2) is 0 Å². The molecule has 0 spiro atoms. The van der Waals surface area contributed by atoms with Gasteiger partial charge in [0.1, 0.15) is 5.75 Å². The fourth-order valence-corrected chi connectivity index (χ4v) is 3.97. The first-order valence-corrected chi connectivity index (χ1v) is 8.70. The van der Waals surface area contributed by atoms with Crippen LogP contribution in [0, 0.1) is 5.92 Å². The maximum atomic E-state index is 11.9. The lowest BCUT2D eigenvalue weighted by atomic mass is 9.97. The summed E-state index contributed by atoms with van der Waals surface area (Å²) in [4.78, 5) is 28.9. The highest BCUT2D eigenvalue weighted by Gasteiger charge is 2.25. The Morgan fingerprint density at radius 3 is 2.75 bits per heavy atom. The van der Waals surface area contributed by atoms with Gasteiger partial charge in [-0.25, -0.2) is 0 Å². The molecule has 1 aliphatic rings. The van der Waals surface area contributed by atoms with Crippen LogP contribution in [0.2, 0.25) is 0 Å². The first-order chi connectivity index (χ1) is 11.6. The van der Waals surface area contributed by atoms with E-state index in [1.165, 1.54) is 11.3 Å². The van der Waals surface area contributed by atoms with Gasteiger partial charge in [-0.3, -0.25) is 14.5 Å². The second-order valence-electron chi connectivity index (χ2n) is 5.90. The van der Waals surface area contributed by atoms with Gasteiger partial charge in [0, 0.05) is 17.0 Å². The van der Waals surface area contributed by atoms with Crippen molar-refractivity contribution in [2.75, 3.05) is 20.2 Å². The molecule has 2 heterocycles. The summed E-state index contributed by atoms with van der Waals surface area (Å²) in [5.41, 5.74) is 1.66. The molecule has 0 amide bonds. The maximum Gasteiger partial charge on any atom is 0.306 e. The number of likely N-dealkylation sites (tertiary alicyclic amines) is 1. The van der Waals surface area contributed by atoms with Crippen molar-refractivity contribution in [3.63, 3.8) is 0 Å². The van der Waals surface area contributed by atoms with Crippen LogP contribution in [-0.2, 0) is 11.3 Å². The van der Waals surface area contributed by atoms with E-state index in [9.17, 15) is 9.59 Å². The number of methoxy groups -OCH3 is 1. The highest BCUT2D eigenvalue weighted by Crippen LogP contribution is 2.32. The first kappa shape index (κ1) is 16.7. The number of thiazole rings is 1. The predicted octanol–water partition coefficient (Wildman–Crippen LogP) is 2.41. The van der Waals surface area contributed by atoms with Crippen LogP contribution >= 0.6 is 11.3 Å². The van der Waals surface area contributed by atoms with Crippen LogP contribution in [0.1, 0.15) is 17.7 Å². The number of aromatic nitrogens is 1. The van der Waals surface area contributed by atoms with Crippen molar-refractivity contribution in [3.05, 3.63) is 38.8 Å². The Hall–Kier alpha value is -2.12. The molecule has 24 heavy (non-hydrogen) atoms. The van der Waals surface area contributed by atoms with Gasteiger partial charge >= 0.3 is 10.8 Å². The largest absolute Gasteiger partial charge is 0.496 e. The zero-order valence-corrected chi connectivity index (χ0v) is 14.3. The minimum Gasteiger partial charge on any atom is -0.496 e. The molecule has 7 heteroatoms. The van der Waals surface area contributed by atoms with Crippen LogP contribution in [0.4, 0.5) is 0 Å². The molecule has 0 atom stereocenters. The van der Waals surface area contributed by atoms with Crippen molar-refractivity contribution in [2.24, 2.45) is 5.92 Å². The van der Waals surface area contributed by atoms with Crippen molar-refractivity contribution in [1.82, 2.24) is 9.88 Å². The highest BCUT2D eigenvalue weighted by atomic mass is 32.1. The standard InChI is InChI=1S/C17H20N2O4S/c1-23-13-5-3-2-4-12(13)15-14(24-17(22)18-15)10-19-8-6-11(7-9-19)16(20)21/h2-5,11H,6-10H2,1H3,(H,18,22)(H,20,21). The number of H-pyrrole nitrogens is 1. The van der Waals surface area contributed by atoms with Gasteiger partial charge in [-0.2, -0.15) is 0 Å². The number of nitrogens with one attached hydrogen (secondary N) is 1. The van der Waals surface area contributed by atoms with E-state index >= 15 is 0 Å². The summed E-state index contributed by atoms with van der Waals surface area (Å²) in [5, 5.41) is 9.09. The number of piperidine rings is 1. The third-order valence-corrected chi connectivity index (χ3v) is 5.27. The molecule has 1 fully saturated rings. The molecule has 2 aromatic rings. The molecule has 0 bridgehead atoms. The van der Waals surface area contributed by atoms with Crippen LogP contribution in [0.15, 0.2) is 29.1 Å². The number of carboxylic acid groups (broad SMARTS) is 1. The molecule has 6 nitrogen and oxygen atoms in total. The van der Waals surface area contributed by atoms with Crippen LogP contribution in [0.5, 0.6) is 5.75 Å². The van der Waals surface area contributed by atoms with Crippen LogP contribution < -0.4 is 9.61 Å². The van der Waals surface area contributed by atoms with Crippen molar-refractivity contribution >= 4 is 17.3 Å². The number of rotatable bonds is 5. The molecular formula is C17H20N2O4S. The Bertz CT molecular complexity index is 775. The SMILES string of the molecule is COc1ccccc1-c1[nH]c(=O)sc1CN1CCC(C(=O)O)CC1. The molecule has 2 N–H and O–H groups in total. The van der Waals surface area contributed by atoms with Gasteiger partial charge in [0.05, 0.1) is 18.7 Å². The molecular weight excluding hydrogens is 328 g/mol. The zero-order chi connectivity index (χ0) is 17.1. The minimum absolute atomic E-state index is 0.0914. The second-order valence-corrected chi connectivity index (χ2v) is 6.97. The monoisotopic (exact) mass is 348 g/mol. The normalized spacial score (nSPS) is 16.2. The van der Waals surface area contributed by atoms with Crippen molar-refractivity contribution in [3.8, 4) is 17.0 Å². The van der Waals surface area contributed by atoms with E-state index in [2.05, 4.69) is 9.88 Å². The van der Waals surface area contributed by atoms with Gasteiger partial charge in [0.25, 0.3) is 0 Å². The molecule has 0 saturated carbocycles. The molecule has 1 saturated heterocycles. The summed E-state index contributed by atoms with van der Waals surface area (Å²) in [7, 11) is 1.61. The summed E-state index contributed by atoms with van der Waals surface area (Å²) in [6.07, 6.45) is 1.30. The number of carbonyl (C=O) groups is 1. The van der Waals surface area contributed by atoms with Gasteiger partial charge in [-0.1, -0.05) is 23.5 Å². The summed E-state index contributed by atoms with van der Waals surface area (Å²) in [6.45, 7) is 2.10. The molecule has 128 valence electrons. The van der Waals surface area contributed by atoms with Crippen molar-refractivity contribution < 1.29 is 14.6 Å². The van der Waals surface area contributed by atoms with E-state index in [1.807, 2.05) is 24.3 Å². The van der Waals surface area contributed by atoms with E-state index < -0.39 is 5.97 Å². The fourth-order valence-electron chi connectivity index (χ4n) is 3.08. The van der Waals surface area contributed by atoms with Crippen molar-refractivity contribution in [2.45, 2.75) is 19.4 Å². The number of aromatic amines is 1. The number of para-hydroxylation sites is 1. The number of nitrogens with zero attached hydrogens (tertiary/aromatic N) is 1. The number of carboxylic acids is 1. The third kappa shape index (κ3) is 3.52. The van der Waals surface area contributed by atoms with E-state index in [4.69, 9.17) is 9.84 Å². The molecule has 0 unspecified atom stereocenters. The van der Waals surface area contributed by atoms with Gasteiger partial charge in [-0.15, -0.1) is 0 Å². The Kier molecular flexibility index (Phi) is 5.01. The number of ether oxygens (including phenoxy) is 1. The average molecular weight is 348 g/mol. The van der Waals surface area contributed by atoms with E-state index in [0.29, 0.717) is 19.4 Å². The highest BCUT2D eigenvalue weighted by molar-refractivity contribution is 7.09. The Labute approximate surface area is 143 Å². The van der Waals surface area contributed by atoms with Crippen LogP contribution in [0.25, 0.3) is 11.3 Å². The van der Waals surface area contributed by atoms with Gasteiger partial charge in [-0.05, 0) is 38.1 Å². The van der Waals surface area contributed by atoms with Gasteiger partial charge < -0.3 is 14.8 Å². The zero-order valence-electron chi connectivity index (χ0n) is 13.4. The minimum atomic E-state index is -0.712. The summed E-state index contributed by atoms with van der Waals surface area (Å²) >= 11 is 1.20. The number of hydrogen-bond donors (Lipinski definition) is 2. The molecule has 0 radical (unpaired) electrons.